The Bertz CT molecular complexity index is 1060. The normalized spacial score (nSPS) is 21.4. The molecule has 0 radical (unpaired) electrons. The summed E-state index contributed by atoms with van der Waals surface area (Å²) in [5.74, 6) is -1.30. The highest BCUT2D eigenvalue weighted by atomic mass is 35.5. The number of anilines is 1. The van der Waals surface area contributed by atoms with Crippen molar-refractivity contribution in [3.05, 3.63) is 75.2 Å². The van der Waals surface area contributed by atoms with Crippen LogP contribution < -0.4 is 4.90 Å². The molecule has 29 heavy (non-hydrogen) atoms. The molecule has 1 aliphatic heterocycles. The monoisotopic (exact) mass is 431 g/mol. The van der Waals surface area contributed by atoms with Gasteiger partial charge in [-0.15, -0.1) is 0 Å². The van der Waals surface area contributed by atoms with Crippen LogP contribution in [-0.2, 0) is 9.59 Å². The molecule has 3 nitrogen and oxygen atoms in total. The second-order valence-corrected chi connectivity index (χ2v) is 9.17. The van der Waals surface area contributed by atoms with Crippen LogP contribution in [0.15, 0.2) is 53.7 Å². The predicted molar refractivity (Wildman–Crippen MR) is 113 cm³/mol. The van der Waals surface area contributed by atoms with Crippen LogP contribution in [-0.4, -0.2) is 11.7 Å². The van der Waals surface area contributed by atoms with E-state index in [9.17, 15) is 14.0 Å². The van der Waals surface area contributed by atoms with E-state index in [1.54, 1.807) is 36.4 Å². The van der Waals surface area contributed by atoms with E-state index in [-0.39, 0.29) is 28.5 Å². The van der Waals surface area contributed by atoms with Gasteiger partial charge in [0.25, 0.3) is 0 Å². The number of carbonyl (C=O) groups excluding carboxylic acids is 2. The summed E-state index contributed by atoms with van der Waals surface area (Å²) in [5.41, 5.74) is 1.61. The lowest BCUT2D eigenvalue weighted by Gasteiger charge is -2.43. The Labute approximate surface area is 179 Å². The number of halogens is 3. The molecule has 1 unspecified atom stereocenters. The Hall–Kier alpha value is -2.17. The van der Waals surface area contributed by atoms with Crippen molar-refractivity contribution in [2.45, 2.75) is 39.0 Å². The molecule has 6 heteroatoms. The van der Waals surface area contributed by atoms with Crippen LogP contribution in [0.3, 0.4) is 0 Å². The molecule has 0 saturated carbocycles. The zero-order chi connectivity index (χ0) is 20.9. The number of carbonyl (C=O) groups is 2. The second-order valence-electron chi connectivity index (χ2n) is 8.38. The largest absolute Gasteiger partial charge is 0.294 e. The van der Waals surface area contributed by atoms with Gasteiger partial charge in [0.1, 0.15) is 5.82 Å². The molecule has 0 saturated heterocycles. The number of rotatable bonds is 2. The maximum atomic E-state index is 14.6. The number of hydrogen-bond donors (Lipinski definition) is 0. The standard InChI is InChI=1S/C23H20Cl2FNO2/c1-23(2)11-18-21(19(28)12-23)14(13-6-3-4-8-16(13)26)10-20(29)27(18)17-9-5-7-15(24)22(17)25/h3-9,14H,10-12H2,1-2H3. The molecule has 0 N–H and O–H groups in total. The molecule has 4 rings (SSSR count). The number of benzene rings is 2. The fourth-order valence-electron chi connectivity index (χ4n) is 4.38. The molecule has 0 spiro atoms. The summed E-state index contributed by atoms with van der Waals surface area (Å²) in [6, 6.07) is 11.4. The van der Waals surface area contributed by atoms with Crippen molar-refractivity contribution in [1.29, 1.82) is 0 Å². The van der Waals surface area contributed by atoms with E-state index in [0.717, 1.165) is 0 Å². The van der Waals surface area contributed by atoms with E-state index in [1.165, 1.54) is 11.0 Å². The van der Waals surface area contributed by atoms with Gasteiger partial charge >= 0.3 is 0 Å². The van der Waals surface area contributed by atoms with Crippen LogP contribution >= 0.6 is 23.2 Å². The first-order valence-corrected chi connectivity index (χ1v) is 10.2. The van der Waals surface area contributed by atoms with Gasteiger partial charge < -0.3 is 0 Å². The van der Waals surface area contributed by atoms with Crippen LogP contribution in [0.1, 0.15) is 44.6 Å². The van der Waals surface area contributed by atoms with Gasteiger partial charge in [-0.05, 0) is 35.6 Å². The van der Waals surface area contributed by atoms with Crippen molar-refractivity contribution in [2.24, 2.45) is 5.41 Å². The SMILES string of the molecule is CC1(C)CC(=O)C2=C(C1)N(c1cccc(Cl)c1Cl)C(=O)CC2c1ccccc1F. The number of allylic oxidation sites excluding steroid dienone is 2. The average molecular weight is 432 g/mol. The zero-order valence-electron chi connectivity index (χ0n) is 16.1. The van der Waals surface area contributed by atoms with Gasteiger partial charge in [0.2, 0.25) is 5.91 Å². The van der Waals surface area contributed by atoms with E-state index < -0.39 is 11.7 Å². The summed E-state index contributed by atoms with van der Waals surface area (Å²) in [6.07, 6.45) is 0.852. The van der Waals surface area contributed by atoms with Crippen molar-refractivity contribution >= 4 is 40.6 Å². The number of nitrogens with zero attached hydrogens (tertiary/aromatic N) is 1. The molecule has 150 valence electrons. The molecule has 0 aromatic heterocycles. The Morgan fingerprint density at radius 3 is 2.48 bits per heavy atom. The Kier molecular flexibility index (Phi) is 5.04. The van der Waals surface area contributed by atoms with Crippen LogP contribution in [0.25, 0.3) is 0 Å². The topological polar surface area (TPSA) is 37.4 Å². The summed E-state index contributed by atoms with van der Waals surface area (Å²) in [7, 11) is 0. The lowest BCUT2D eigenvalue weighted by molar-refractivity contribution is -0.121. The third kappa shape index (κ3) is 3.49. The number of Topliss-reactive ketones (excluding diaryl/α,β-unsaturated/α-hetero) is 1. The first-order chi connectivity index (χ1) is 13.7. The molecule has 1 heterocycles. The maximum absolute atomic E-state index is 14.6. The van der Waals surface area contributed by atoms with E-state index in [4.69, 9.17) is 23.2 Å². The van der Waals surface area contributed by atoms with Gasteiger partial charge in [-0.2, -0.15) is 0 Å². The highest BCUT2D eigenvalue weighted by Gasteiger charge is 2.45. The van der Waals surface area contributed by atoms with Crippen molar-refractivity contribution in [2.75, 3.05) is 4.90 Å². The molecule has 2 aliphatic rings. The zero-order valence-corrected chi connectivity index (χ0v) is 17.6. The molecular formula is C23H20Cl2FNO2. The fourth-order valence-corrected chi connectivity index (χ4v) is 4.76. The molecule has 2 aromatic carbocycles. The highest BCUT2D eigenvalue weighted by Crippen LogP contribution is 2.49. The van der Waals surface area contributed by atoms with Gasteiger partial charge in [-0.3, -0.25) is 14.5 Å². The number of amides is 1. The molecule has 0 fully saturated rings. The summed E-state index contributed by atoms with van der Waals surface area (Å²) in [4.78, 5) is 28.0. The van der Waals surface area contributed by atoms with Gasteiger partial charge in [0, 0.05) is 30.0 Å². The van der Waals surface area contributed by atoms with Crippen molar-refractivity contribution < 1.29 is 14.0 Å². The highest BCUT2D eigenvalue weighted by molar-refractivity contribution is 6.44. The van der Waals surface area contributed by atoms with Crippen molar-refractivity contribution in [3.8, 4) is 0 Å². The minimum Gasteiger partial charge on any atom is -0.294 e. The van der Waals surface area contributed by atoms with E-state index >= 15 is 0 Å². The predicted octanol–water partition coefficient (Wildman–Crippen LogP) is 6.30. The number of hydrogen-bond acceptors (Lipinski definition) is 2. The lowest BCUT2D eigenvalue weighted by atomic mass is 9.69. The van der Waals surface area contributed by atoms with Crippen molar-refractivity contribution in [3.63, 3.8) is 0 Å². The smallest absolute Gasteiger partial charge is 0.232 e. The summed E-state index contributed by atoms with van der Waals surface area (Å²) < 4.78 is 14.6. The first-order valence-electron chi connectivity index (χ1n) is 9.47. The number of ketones is 1. The van der Waals surface area contributed by atoms with E-state index in [2.05, 4.69) is 0 Å². The van der Waals surface area contributed by atoms with Crippen molar-refractivity contribution in [1.82, 2.24) is 0 Å². The molecule has 1 atom stereocenters. The summed E-state index contributed by atoms with van der Waals surface area (Å²) in [6.45, 7) is 3.98. The van der Waals surface area contributed by atoms with Crippen LogP contribution in [0.4, 0.5) is 10.1 Å². The third-order valence-electron chi connectivity index (χ3n) is 5.60. The van der Waals surface area contributed by atoms with E-state index in [0.29, 0.717) is 40.4 Å². The summed E-state index contributed by atoms with van der Waals surface area (Å²) >= 11 is 12.6. The van der Waals surface area contributed by atoms with Gasteiger partial charge in [0.15, 0.2) is 5.78 Å². The van der Waals surface area contributed by atoms with Gasteiger partial charge in [-0.1, -0.05) is 61.3 Å². The van der Waals surface area contributed by atoms with Gasteiger partial charge in [-0.25, -0.2) is 4.39 Å². The third-order valence-corrected chi connectivity index (χ3v) is 6.40. The lowest BCUT2D eigenvalue weighted by Crippen LogP contribution is -2.44. The first kappa shape index (κ1) is 20.1. The second kappa shape index (κ2) is 7.26. The van der Waals surface area contributed by atoms with Gasteiger partial charge in [0.05, 0.1) is 15.7 Å². The van der Waals surface area contributed by atoms with E-state index in [1.807, 2.05) is 13.8 Å². The quantitative estimate of drug-likeness (QED) is 0.559. The molecule has 1 aliphatic carbocycles. The van der Waals surface area contributed by atoms with Crippen LogP contribution in [0.2, 0.25) is 10.0 Å². The molecule has 0 bridgehead atoms. The molecular weight excluding hydrogens is 412 g/mol. The Morgan fingerprint density at radius 1 is 1.03 bits per heavy atom. The summed E-state index contributed by atoms with van der Waals surface area (Å²) in [5, 5.41) is 0.589. The fraction of sp³-hybridized carbons (Fsp3) is 0.304. The Balaban J connectivity index is 1.96. The maximum Gasteiger partial charge on any atom is 0.232 e. The Morgan fingerprint density at radius 2 is 1.76 bits per heavy atom. The minimum atomic E-state index is -0.600. The van der Waals surface area contributed by atoms with Crippen LogP contribution in [0, 0.1) is 11.2 Å². The molecule has 1 amide bonds. The average Bonchev–Trinajstić information content (AvgIpc) is 2.63. The van der Waals surface area contributed by atoms with Crippen LogP contribution in [0.5, 0.6) is 0 Å². The minimum absolute atomic E-state index is 0.00518. The molecule has 2 aromatic rings.